The van der Waals surface area contributed by atoms with Crippen molar-refractivity contribution in [1.29, 1.82) is 0 Å². The SMILES string of the molecule is CC(C)(C)OC(=O)Nc1ccc([C@H]2CO2)c(F)c1. The quantitative estimate of drug-likeness (QED) is 0.823. The molecule has 5 heteroatoms. The number of hydrogen-bond donors (Lipinski definition) is 1. The smallest absolute Gasteiger partial charge is 0.412 e. The van der Waals surface area contributed by atoms with Crippen LogP contribution in [0.4, 0.5) is 14.9 Å². The van der Waals surface area contributed by atoms with Crippen LogP contribution in [-0.2, 0) is 9.47 Å². The zero-order valence-corrected chi connectivity index (χ0v) is 10.6. The van der Waals surface area contributed by atoms with E-state index in [4.69, 9.17) is 9.47 Å². The topological polar surface area (TPSA) is 50.9 Å². The largest absolute Gasteiger partial charge is 0.444 e. The van der Waals surface area contributed by atoms with E-state index in [0.717, 1.165) is 0 Å². The molecule has 0 saturated carbocycles. The van der Waals surface area contributed by atoms with E-state index in [0.29, 0.717) is 17.9 Å². The van der Waals surface area contributed by atoms with Crippen LogP contribution in [0, 0.1) is 5.82 Å². The Hall–Kier alpha value is -1.62. The van der Waals surface area contributed by atoms with Crippen molar-refractivity contribution in [2.75, 3.05) is 11.9 Å². The lowest BCUT2D eigenvalue weighted by atomic mass is 10.1. The number of ether oxygens (including phenoxy) is 2. The van der Waals surface area contributed by atoms with Crippen LogP contribution in [0.5, 0.6) is 0 Å². The highest BCUT2D eigenvalue weighted by molar-refractivity contribution is 5.84. The molecule has 0 unspecified atom stereocenters. The number of hydrogen-bond acceptors (Lipinski definition) is 3. The van der Waals surface area contributed by atoms with Gasteiger partial charge in [-0.15, -0.1) is 0 Å². The Balaban J connectivity index is 2.01. The molecule has 1 aliphatic heterocycles. The summed E-state index contributed by atoms with van der Waals surface area (Å²) in [5.41, 5.74) is 0.306. The molecular formula is C13H16FNO3. The van der Waals surface area contributed by atoms with Crippen molar-refractivity contribution in [2.24, 2.45) is 0 Å². The zero-order valence-electron chi connectivity index (χ0n) is 10.6. The van der Waals surface area contributed by atoms with Crippen molar-refractivity contribution in [3.05, 3.63) is 29.6 Å². The van der Waals surface area contributed by atoms with Crippen molar-refractivity contribution < 1.29 is 18.7 Å². The van der Waals surface area contributed by atoms with Crippen LogP contribution in [0.2, 0.25) is 0 Å². The molecule has 0 aromatic heterocycles. The van der Waals surface area contributed by atoms with E-state index in [9.17, 15) is 9.18 Å². The van der Waals surface area contributed by atoms with E-state index in [1.165, 1.54) is 6.07 Å². The molecule has 1 aromatic rings. The molecule has 98 valence electrons. The molecule has 1 aliphatic rings. The third-order valence-electron chi connectivity index (χ3n) is 2.33. The zero-order chi connectivity index (χ0) is 13.3. The molecule has 0 bridgehead atoms. The van der Waals surface area contributed by atoms with Gasteiger partial charge < -0.3 is 9.47 Å². The molecule has 0 radical (unpaired) electrons. The lowest BCUT2D eigenvalue weighted by Crippen LogP contribution is -2.27. The summed E-state index contributed by atoms with van der Waals surface area (Å²) >= 11 is 0. The Morgan fingerprint density at radius 3 is 2.67 bits per heavy atom. The van der Waals surface area contributed by atoms with Gasteiger partial charge in [0.25, 0.3) is 0 Å². The summed E-state index contributed by atoms with van der Waals surface area (Å²) < 4.78 is 23.7. The van der Waals surface area contributed by atoms with Crippen LogP contribution in [0.3, 0.4) is 0 Å². The Morgan fingerprint density at radius 2 is 2.17 bits per heavy atom. The van der Waals surface area contributed by atoms with E-state index in [-0.39, 0.29) is 11.9 Å². The van der Waals surface area contributed by atoms with Crippen molar-refractivity contribution in [2.45, 2.75) is 32.5 Å². The predicted octanol–water partition coefficient (Wildman–Crippen LogP) is 3.24. The van der Waals surface area contributed by atoms with Gasteiger partial charge in [-0.3, -0.25) is 5.32 Å². The van der Waals surface area contributed by atoms with E-state index >= 15 is 0 Å². The number of halogens is 1. The molecule has 18 heavy (non-hydrogen) atoms. The monoisotopic (exact) mass is 253 g/mol. The van der Waals surface area contributed by atoms with Gasteiger partial charge in [-0.2, -0.15) is 0 Å². The first-order chi connectivity index (χ1) is 8.35. The minimum atomic E-state index is -0.600. The molecule has 1 saturated heterocycles. The van der Waals surface area contributed by atoms with E-state index < -0.39 is 11.7 Å². The normalized spacial score (nSPS) is 18.3. The van der Waals surface area contributed by atoms with Crippen LogP contribution in [0.1, 0.15) is 32.4 Å². The maximum absolute atomic E-state index is 13.7. The summed E-state index contributed by atoms with van der Waals surface area (Å²) in [6.07, 6.45) is -0.738. The van der Waals surface area contributed by atoms with Crippen molar-refractivity contribution in [3.63, 3.8) is 0 Å². The Labute approximate surface area is 105 Å². The van der Waals surface area contributed by atoms with E-state index in [2.05, 4.69) is 5.32 Å². The molecule has 1 atom stereocenters. The van der Waals surface area contributed by atoms with Crippen molar-refractivity contribution >= 4 is 11.8 Å². The van der Waals surface area contributed by atoms with Crippen molar-refractivity contribution in [1.82, 2.24) is 0 Å². The predicted molar refractivity (Wildman–Crippen MR) is 64.9 cm³/mol. The van der Waals surface area contributed by atoms with Crippen LogP contribution in [-0.4, -0.2) is 18.3 Å². The second kappa shape index (κ2) is 4.57. The second-order valence-electron chi connectivity index (χ2n) is 5.19. The molecule has 1 amide bonds. The highest BCUT2D eigenvalue weighted by Crippen LogP contribution is 2.32. The number of rotatable bonds is 2. The first-order valence-electron chi connectivity index (χ1n) is 5.76. The summed E-state index contributed by atoms with van der Waals surface area (Å²) in [4.78, 5) is 11.5. The lowest BCUT2D eigenvalue weighted by molar-refractivity contribution is 0.0636. The van der Waals surface area contributed by atoms with Gasteiger partial charge in [0.1, 0.15) is 17.5 Å². The van der Waals surface area contributed by atoms with Gasteiger partial charge in [0.15, 0.2) is 0 Å². The van der Waals surface area contributed by atoms with Gasteiger partial charge in [0.2, 0.25) is 0 Å². The number of carbonyl (C=O) groups excluding carboxylic acids is 1. The minimum absolute atomic E-state index is 0.138. The fourth-order valence-electron chi connectivity index (χ4n) is 1.52. The fraction of sp³-hybridized carbons (Fsp3) is 0.462. The lowest BCUT2D eigenvalue weighted by Gasteiger charge is -2.19. The van der Waals surface area contributed by atoms with E-state index in [1.807, 2.05) is 0 Å². The van der Waals surface area contributed by atoms with E-state index in [1.54, 1.807) is 32.9 Å². The first-order valence-corrected chi connectivity index (χ1v) is 5.76. The average Bonchev–Trinajstić information content (AvgIpc) is 2.97. The molecule has 1 N–H and O–H groups in total. The molecule has 4 nitrogen and oxygen atoms in total. The van der Waals surface area contributed by atoms with Gasteiger partial charge in [-0.05, 0) is 32.9 Å². The number of anilines is 1. The van der Waals surface area contributed by atoms with Crippen LogP contribution in [0.25, 0.3) is 0 Å². The van der Waals surface area contributed by atoms with Crippen LogP contribution < -0.4 is 5.32 Å². The number of nitrogens with one attached hydrogen (secondary N) is 1. The summed E-state index contributed by atoms with van der Waals surface area (Å²) in [5, 5.41) is 2.48. The van der Waals surface area contributed by atoms with Gasteiger partial charge in [-0.25, -0.2) is 9.18 Å². The maximum Gasteiger partial charge on any atom is 0.412 e. The molecule has 1 fully saturated rings. The van der Waals surface area contributed by atoms with Crippen LogP contribution >= 0.6 is 0 Å². The fourth-order valence-corrected chi connectivity index (χ4v) is 1.52. The Bertz CT molecular complexity index is 464. The highest BCUT2D eigenvalue weighted by Gasteiger charge is 2.28. The molecule has 0 spiro atoms. The van der Waals surface area contributed by atoms with Crippen LogP contribution in [0.15, 0.2) is 18.2 Å². The third-order valence-corrected chi connectivity index (χ3v) is 2.33. The summed E-state index contributed by atoms with van der Waals surface area (Å²) in [6, 6.07) is 4.50. The standard InChI is InChI=1S/C13H16FNO3/c1-13(2,3)18-12(16)15-8-4-5-9(10(14)6-8)11-7-17-11/h4-6,11H,7H2,1-3H3,(H,15,16)/t11-/m1/s1. The summed E-state index contributed by atoms with van der Waals surface area (Å²) in [6.45, 7) is 5.85. The summed E-state index contributed by atoms with van der Waals surface area (Å²) in [5.74, 6) is -0.383. The van der Waals surface area contributed by atoms with Gasteiger partial charge >= 0.3 is 6.09 Å². The first kappa shape index (κ1) is 12.8. The molecule has 1 aromatic carbocycles. The highest BCUT2D eigenvalue weighted by atomic mass is 19.1. The van der Waals surface area contributed by atoms with Gasteiger partial charge in [0, 0.05) is 11.3 Å². The van der Waals surface area contributed by atoms with Crippen molar-refractivity contribution in [3.8, 4) is 0 Å². The Morgan fingerprint density at radius 1 is 1.50 bits per heavy atom. The molecule has 0 aliphatic carbocycles. The number of amides is 1. The molecule has 1 heterocycles. The van der Waals surface area contributed by atoms with Gasteiger partial charge in [0.05, 0.1) is 6.61 Å². The third kappa shape index (κ3) is 3.43. The Kier molecular flexibility index (Phi) is 3.26. The second-order valence-corrected chi connectivity index (χ2v) is 5.19. The average molecular weight is 253 g/mol. The maximum atomic E-state index is 13.7. The molecular weight excluding hydrogens is 237 g/mol. The number of carbonyl (C=O) groups is 1. The minimum Gasteiger partial charge on any atom is -0.444 e. The summed E-state index contributed by atoms with van der Waals surface area (Å²) in [7, 11) is 0. The molecule has 2 rings (SSSR count). The number of benzene rings is 1. The number of epoxide rings is 1. The van der Waals surface area contributed by atoms with Gasteiger partial charge in [-0.1, -0.05) is 6.07 Å².